The Balaban J connectivity index is 1.87. The molecule has 0 fully saturated rings. The first kappa shape index (κ1) is 18.0. The van der Waals surface area contributed by atoms with E-state index in [-0.39, 0.29) is 24.3 Å². The summed E-state index contributed by atoms with van der Waals surface area (Å²) in [5.74, 6) is -0.254. The van der Waals surface area contributed by atoms with E-state index in [1.165, 1.54) is 6.92 Å². The van der Waals surface area contributed by atoms with E-state index in [9.17, 15) is 9.59 Å². The molecule has 0 bridgehead atoms. The quantitative estimate of drug-likeness (QED) is 0.810. The summed E-state index contributed by atoms with van der Waals surface area (Å²) in [6.45, 7) is 1.98. The van der Waals surface area contributed by atoms with Crippen LogP contribution in [-0.2, 0) is 16.0 Å². The molecule has 0 aliphatic carbocycles. The predicted octanol–water partition coefficient (Wildman–Crippen LogP) is 3.27. The van der Waals surface area contributed by atoms with Crippen molar-refractivity contribution in [3.63, 3.8) is 0 Å². The van der Waals surface area contributed by atoms with E-state index in [1.807, 2.05) is 54.6 Å². The van der Waals surface area contributed by atoms with Crippen molar-refractivity contribution in [1.29, 1.82) is 0 Å². The fraction of sp³-hybridized carbons (Fsp3) is 0.263. The summed E-state index contributed by atoms with van der Waals surface area (Å²) < 4.78 is 0. The Bertz CT molecular complexity index is 689. The van der Waals surface area contributed by atoms with Gasteiger partial charge in [-0.15, -0.1) is 0 Å². The van der Waals surface area contributed by atoms with Crippen molar-refractivity contribution in [3.8, 4) is 0 Å². The number of halogens is 1. The maximum atomic E-state index is 12.2. The Morgan fingerprint density at radius 3 is 2.50 bits per heavy atom. The Hall–Kier alpha value is -2.33. The molecule has 2 rings (SSSR count). The van der Waals surface area contributed by atoms with E-state index >= 15 is 0 Å². The predicted molar refractivity (Wildman–Crippen MR) is 95.8 cm³/mol. The Labute approximate surface area is 147 Å². The molecule has 0 aromatic heterocycles. The van der Waals surface area contributed by atoms with Gasteiger partial charge in [0.2, 0.25) is 11.8 Å². The largest absolute Gasteiger partial charge is 0.356 e. The molecule has 0 spiro atoms. The third-order valence-corrected chi connectivity index (χ3v) is 3.83. The highest BCUT2D eigenvalue weighted by atomic mass is 35.5. The second-order valence-corrected chi connectivity index (χ2v) is 6.03. The van der Waals surface area contributed by atoms with Crippen molar-refractivity contribution in [3.05, 3.63) is 70.7 Å². The number of nitrogens with one attached hydrogen (secondary N) is 2. The van der Waals surface area contributed by atoms with E-state index < -0.39 is 0 Å². The van der Waals surface area contributed by atoms with Crippen molar-refractivity contribution in [2.75, 3.05) is 6.54 Å². The third-order valence-electron chi connectivity index (χ3n) is 3.59. The molecule has 24 heavy (non-hydrogen) atoms. The Morgan fingerprint density at radius 2 is 1.83 bits per heavy atom. The van der Waals surface area contributed by atoms with E-state index in [0.717, 1.165) is 11.1 Å². The van der Waals surface area contributed by atoms with Gasteiger partial charge in [-0.3, -0.25) is 9.59 Å². The van der Waals surface area contributed by atoms with Crippen LogP contribution < -0.4 is 10.6 Å². The maximum absolute atomic E-state index is 12.2. The van der Waals surface area contributed by atoms with Gasteiger partial charge in [0.25, 0.3) is 0 Å². The highest BCUT2D eigenvalue weighted by molar-refractivity contribution is 6.30. The van der Waals surface area contributed by atoms with Gasteiger partial charge in [-0.05, 0) is 29.7 Å². The van der Waals surface area contributed by atoms with Gasteiger partial charge in [0.05, 0.1) is 12.5 Å². The molecule has 2 aromatic carbocycles. The van der Waals surface area contributed by atoms with Crippen LogP contribution in [0.1, 0.15) is 30.5 Å². The summed E-state index contributed by atoms with van der Waals surface area (Å²) in [5, 5.41) is 6.40. The van der Waals surface area contributed by atoms with Gasteiger partial charge < -0.3 is 10.6 Å². The lowest BCUT2D eigenvalue weighted by atomic mass is 10.0. The molecule has 0 saturated carbocycles. The summed E-state index contributed by atoms with van der Waals surface area (Å²) in [5.41, 5.74) is 1.99. The van der Waals surface area contributed by atoms with Gasteiger partial charge >= 0.3 is 0 Å². The highest BCUT2D eigenvalue weighted by Crippen LogP contribution is 2.16. The van der Waals surface area contributed by atoms with Crippen molar-refractivity contribution in [1.82, 2.24) is 10.6 Å². The zero-order valence-electron chi connectivity index (χ0n) is 13.6. The number of hydrogen-bond acceptors (Lipinski definition) is 2. The fourth-order valence-electron chi connectivity index (χ4n) is 2.48. The first-order valence-electron chi connectivity index (χ1n) is 7.88. The zero-order chi connectivity index (χ0) is 17.4. The highest BCUT2D eigenvalue weighted by Gasteiger charge is 2.16. The molecule has 1 unspecified atom stereocenters. The van der Waals surface area contributed by atoms with Gasteiger partial charge in [-0.25, -0.2) is 0 Å². The lowest BCUT2D eigenvalue weighted by Gasteiger charge is -2.18. The molecular formula is C19H21ClN2O2. The molecule has 1 atom stereocenters. The van der Waals surface area contributed by atoms with Crippen LogP contribution in [0.25, 0.3) is 0 Å². The molecule has 2 amide bonds. The molecule has 126 valence electrons. The fourth-order valence-corrected chi connectivity index (χ4v) is 2.69. The lowest BCUT2D eigenvalue weighted by Crippen LogP contribution is -2.33. The van der Waals surface area contributed by atoms with Crippen LogP contribution in [0.3, 0.4) is 0 Å². The average molecular weight is 345 g/mol. The van der Waals surface area contributed by atoms with Crippen LogP contribution in [0, 0.1) is 0 Å². The summed E-state index contributed by atoms with van der Waals surface area (Å²) in [6.07, 6.45) is 0.918. The molecule has 0 heterocycles. The van der Waals surface area contributed by atoms with Crippen LogP contribution in [-0.4, -0.2) is 18.4 Å². The zero-order valence-corrected chi connectivity index (χ0v) is 14.3. The van der Waals surface area contributed by atoms with Gasteiger partial charge in [-0.2, -0.15) is 0 Å². The van der Waals surface area contributed by atoms with Crippen LogP contribution in [0.2, 0.25) is 5.02 Å². The molecule has 4 nitrogen and oxygen atoms in total. The number of carbonyl (C=O) groups is 2. The number of benzene rings is 2. The van der Waals surface area contributed by atoms with Crippen molar-refractivity contribution in [2.24, 2.45) is 0 Å². The van der Waals surface area contributed by atoms with Crippen LogP contribution in [0.4, 0.5) is 0 Å². The first-order chi connectivity index (χ1) is 11.5. The van der Waals surface area contributed by atoms with Crippen LogP contribution >= 0.6 is 11.6 Å². The smallest absolute Gasteiger partial charge is 0.222 e. The van der Waals surface area contributed by atoms with Crippen LogP contribution in [0.15, 0.2) is 54.6 Å². The van der Waals surface area contributed by atoms with Crippen molar-refractivity contribution in [2.45, 2.75) is 25.8 Å². The number of amides is 2. The first-order valence-corrected chi connectivity index (χ1v) is 8.25. The number of hydrogen-bond donors (Lipinski definition) is 2. The Morgan fingerprint density at radius 1 is 1.08 bits per heavy atom. The maximum Gasteiger partial charge on any atom is 0.222 e. The van der Waals surface area contributed by atoms with Gasteiger partial charge in [0, 0.05) is 18.5 Å². The van der Waals surface area contributed by atoms with Crippen LogP contribution in [0.5, 0.6) is 0 Å². The molecular weight excluding hydrogens is 324 g/mol. The van der Waals surface area contributed by atoms with Crippen molar-refractivity contribution < 1.29 is 9.59 Å². The van der Waals surface area contributed by atoms with E-state index in [4.69, 9.17) is 11.6 Å². The second kappa shape index (κ2) is 9.08. The van der Waals surface area contributed by atoms with E-state index in [2.05, 4.69) is 10.6 Å². The molecule has 0 aliphatic heterocycles. The standard InChI is InChI=1S/C19H21ClN2O2/c1-14(23)22-18(16-7-3-2-4-8-16)13-19(24)21-11-10-15-6-5-9-17(20)12-15/h2-9,12,18H,10-11,13H2,1H3,(H,21,24)(H,22,23). The second-order valence-electron chi connectivity index (χ2n) is 5.60. The molecule has 5 heteroatoms. The Kier molecular flexibility index (Phi) is 6.82. The minimum absolute atomic E-state index is 0.0976. The lowest BCUT2D eigenvalue weighted by molar-refractivity contribution is -0.122. The van der Waals surface area contributed by atoms with Crippen molar-refractivity contribution >= 4 is 23.4 Å². The van der Waals surface area contributed by atoms with Gasteiger partial charge in [0.15, 0.2) is 0 Å². The number of carbonyl (C=O) groups excluding carboxylic acids is 2. The topological polar surface area (TPSA) is 58.2 Å². The normalized spacial score (nSPS) is 11.6. The minimum Gasteiger partial charge on any atom is -0.356 e. The van der Waals surface area contributed by atoms with Gasteiger partial charge in [0.1, 0.15) is 0 Å². The third kappa shape index (κ3) is 6.05. The average Bonchev–Trinajstić information content (AvgIpc) is 2.55. The minimum atomic E-state index is -0.324. The molecule has 0 aliphatic rings. The summed E-state index contributed by atoms with van der Waals surface area (Å²) in [7, 11) is 0. The monoisotopic (exact) mass is 344 g/mol. The summed E-state index contributed by atoms with van der Waals surface area (Å²) in [4.78, 5) is 23.6. The number of rotatable bonds is 7. The molecule has 2 aromatic rings. The molecule has 2 N–H and O–H groups in total. The molecule has 0 saturated heterocycles. The molecule has 0 radical (unpaired) electrons. The summed E-state index contributed by atoms with van der Waals surface area (Å²) >= 11 is 5.94. The van der Waals surface area contributed by atoms with Gasteiger partial charge in [-0.1, -0.05) is 54.1 Å². The van der Waals surface area contributed by atoms with E-state index in [1.54, 1.807) is 0 Å². The van der Waals surface area contributed by atoms with E-state index in [0.29, 0.717) is 18.0 Å². The summed E-state index contributed by atoms with van der Waals surface area (Å²) in [6, 6.07) is 16.7. The SMILES string of the molecule is CC(=O)NC(CC(=O)NCCc1cccc(Cl)c1)c1ccccc1.